The average Bonchev–Trinajstić information content (AvgIpc) is 3.28. The Kier molecular flexibility index (Phi) is 5.45. The molecule has 28 heavy (non-hydrogen) atoms. The fourth-order valence-electron chi connectivity index (χ4n) is 3.22. The second-order valence-electron chi connectivity index (χ2n) is 6.46. The number of nitrogens with zero attached hydrogens (tertiary/aromatic N) is 1. The Hall–Kier alpha value is -2.64. The summed E-state index contributed by atoms with van der Waals surface area (Å²) in [7, 11) is 0. The minimum Gasteiger partial charge on any atom is -0.325 e. The highest BCUT2D eigenvalue weighted by Gasteiger charge is 2.33. The third-order valence-corrected chi connectivity index (χ3v) is 6.40. The molecule has 3 aromatic rings. The third-order valence-electron chi connectivity index (χ3n) is 4.63. The second kappa shape index (κ2) is 8.16. The molecule has 0 fully saturated rings. The van der Waals surface area contributed by atoms with Gasteiger partial charge in [0, 0.05) is 21.0 Å². The van der Waals surface area contributed by atoms with Crippen LogP contribution in [0.25, 0.3) is 0 Å². The van der Waals surface area contributed by atoms with Crippen molar-refractivity contribution >= 4 is 45.7 Å². The van der Waals surface area contributed by atoms with Crippen molar-refractivity contribution in [2.75, 3.05) is 16.9 Å². The zero-order valence-electron chi connectivity index (χ0n) is 15.3. The van der Waals surface area contributed by atoms with Crippen LogP contribution in [0.5, 0.6) is 0 Å². The van der Waals surface area contributed by atoms with Gasteiger partial charge in [0.1, 0.15) is 0 Å². The predicted molar refractivity (Wildman–Crippen MR) is 114 cm³/mol. The van der Waals surface area contributed by atoms with E-state index in [1.54, 1.807) is 23.9 Å². The van der Waals surface area contributed by atoms with Crippen molar-refractivity contribution in [2.45, 2.75) is 23.7 Å². The van der Waals surface area contributed by atoms with Crippen molar-refractivity contribution in [2.24, 2.45) is 0 Å². The molecule has 0 saturated carbocycles. The molecular weight excluding hydrogens is 390 g/mol. The smallest absolute Gasteiger partial charge is 0.257 e. The number of fused-ring (bicyclic) bond motifs is 1. The van der Waals surface area contributed by atoms with E-state index >= 15 is 0 Å². The van der Waals surface area contributed by atoms with E-state index in [4.69, 9.17) is 0 Å². The van der Waals surface area contributed by atoms with E-state index in [0.29, 0.717) is 10.7 Å². The summed E-state index contributed by atoms with van der Waals surface area (Å²) in [4.78, 5) is 31.8. The molecule has 4 rings (SSSR count). The van der Waals surface area contributed by atoms with Crippen molar-refractivity contribution in [3.8, 4) is 0 Å². The normalized spacial score (nSPS) is 15.1. The quantitative estimate of drug-likeness (QED) is 0.595. The zero-order chi connectivity index (χ0) is 19.5. The maximum Gasteiger partial charge on any atom is 0.257 e. The molecule has 0 saturated heterocycles. The first kappa shape index (κ1) is 18.7. The number of benzene rings is 2. The minimum absolute atomic E-state index is 0.0526. The molecule has 2 amide bonds. The number of rotatable bonds is 5. The highest BCUT2D eigenvalue weighted by atomic mass is 32.2. The van der Waals surface area contributed by atoms with E-state index in [1.807, 2.05) is 48.7 Å². The molecule has 0 radical (unpaired) electrons. The number of carbonyl (C=O) groups excluding carboxylic acids is 2. The fourth-order valence-corrected chi connectivity index (χ4v) is 4.72. The predicted octanol–water partition coefficient (Wildman–Crippen LogP) is 4.79. The van der Waals surface area contributed by atoms with Crippen LogP contribution in [0.15, 0.2) is 59.5 Å². The maximum atomic E-state index is 12.8. The molecule has 2 N–H and O–H groups in total. The molecule has 2 aromatic carbocycles. The number of nitrogens with one attached hydrogen (secondary N) is 2. The molecule has 5 nitrogen and oxygen atoms in total. The second-order valence-corrected chi connectivity index (χ2v) is 8.42. The van der Waals surface area contributed by atoms with Crippen LogP contribution in [0, 0.1) is 0 Å². The first-order valence-corrected chi connectivity index (χ1v) is 11.0. The van der Waals surface area contributed by atoms with Crippen molar-refractivity contribution in [3.63, 3.8) is 0 Å². The van der Waals surface area contributed by atoms with Gasteiger partial charge < -0.3 is 5.32 Å². The number of aromatic nitrogens is 1. The molecule has 0 bridgehead atoms. The summed E-state index contributed by atoms with van der Waals surface area (Å²) < 4.78 is 0. The van der Waals surface area contributed by atoms with Crippen LogP contribution in [-0.4, -0.2) is 23.1 Å². The number of carbonyl (C=O) groups is 2. The van der Waals surface area contributed by atoms with Gasteiger partial charge in [-0.25, -0.2) is 4.98 Å². The molecule has 0 spiro atoms. The van der Waals surface area contributed by atoms with Gasteiger partial charge in [0.2, 0.25) is 5.91 Å². The SMILES string of the molecule is CSc1cccc(NC(=O)C2CCc3sc(NC(=O)c4ccccc4)nc32)c1. The summed E-state index contributed by atoms with van der Waals surface area (Å²) in [6.07, 6.45) is 3.55. The number of hydrogen-bond donors (Lipinski definition) is 2. The lowest BCUT2D eigenvalue weighted by Gasteiger charge is -2.11. The molecule has 1 aromatic heterocycles. The van der Waals surface area contributed by atoms with Crippen LogP contribution < -0.4 is 10.6 Å². The Morgan fingerprint density at radius 3 is 2.71 bits per heavy atom. The van der Waals surface area contributed by atoms with Gasteiger partial charge in [-0.3, -0.25) is 14.9 Å². The van der Waals surface area contributed by atoms with E-state index < -0.39 is 0 Å². The molecule has 1 aliphatic rings. The summed E-state index contributed by atoms with van der Waals surface area (Å²) in [5.41, 5.74) is 2.16. The van der Waals surface area contributed by atoms with E-state index in [1.165, 1.54) is 11.3 Å². The Labute approximate surface area is 171 Å². The van der Waals surface area contributed by atoms with Crippen LogP contribution in [0.3, 0.4) is 0 Å². The van der Waals surface area contributed by atoms with Gasteiger partial charge in [0.25, 0.3) is 5.91 Å². The van der Waals surface area contributed by atoms with Gasteiger partial charge in [-0.1, -0.05) is 24.3 Å². The summed E-state index contributed by atoms with van der Waals surface area (Å²) in [6, 6.07) is 16.8. The lowest BCUT2D eigenvalue weighted by molar-refractivity contribution is -0.117. The van der Waals surface area contributed by atoms with E-state index in [9.17, 15) is 9.59 Å². The largest absolute Gasteiger partial charge is 0.325 e. The summed E-state index contributed by atoms with van der Waals surface area (Å²) in [5, 5.41) is 6.39. The number of amides is 2. The van der Waals surface area contributed by atoms with Crippen LogP contribution in [0.2, 0.25) is 0 Å². The number of hydrogen-bond acceptors (Lipinski definition) is 5. The molecule has 1 atom stereocenters. The first-order valence-electron chi connectivity index (χ1n) is 8.95. The lowest BCUT2D eigenvalue weighted by Crippen LogP contribution is -2.20. The summed E-state index contributed by atoms with van der Waals surface area (Å²) >= 11 is 3.09. The Balaban J connectivity index is 1.47. The molecule has 1 unspecified atom stereocenters. The standard InChI is InChI=1S/C21H19N3O2S2/c1-27-15-9-5-8-14(12-15)22-20(26)16-10-11-17-18(16)23-21(28-17)24-19(25)13-6-3-2-4-7-13/h2-9,12,16H,10-11H2,1H3,(H,22,26)(H,23,24,25). The Morgan fingerprint density at radius 1 is 1.11 bits per heavy atom. The number of aryl methyl sites for hydroxylation is 1. The summed E-state index contributed by atoms with van der Waals surface area (Å²) in [6.45, 7) is 0. The van der Waals surface area contributed by atoms with Crippen LogP contribution in [-0.2, 0) is 11.2 Å². The van der Waals surface area contributed by atoms with Crippen LogP contribution in [0.4, 0.5) is 10.8 Å². The molecule has 7 heteroatoms. The number of anilines is 2. The van der Waals surface area contributed by atoms with Crippen molar-refractivity contribution in [3.05, 3.63) is 70.7 Å². The van der Waals surface area contributed by atoms with Crippen LogP contribution in [0.1, 0.15) is 33.3 Å². The maximum absolute atomic E-state index is 12.8. The topological polar surface area (TPSA) is 71.1 Å². The van der Waals surface area contributed by atoms with Crippen LogP contribution >= 0.6 is 23.1 Å². The molecule has 142 valence electrons. The Bertz CT molecular complexity index is 1020. The highest BCUT2D eigenvalue weighted by Crippen LogP contribution is 2.39. The lowest BCUT2D eigenvalue weighted by atomic mass is 10.1. The highest BCUT2D eigenvalue weighted by molar-refractivity contribution is 7.98. The number of thiazole rings is 1. The van der Waals surface area contributed by atoms with E-state index in [2.05, 4.69) is 15.6 Å². The molecule has 1 heterocycles. The van der Waals surface area contributed by atoms with Gasteiger partial charge in [-0.15, -0.1) is 23.1 Å². The van der Waals surface area contributed by atoms with Gasteiger partial charge in [-0.05, 0) is 49.4 Å². The Morgan fingerprint density at radius 2 is 1.93 bits per heavy atom. The molecule has 0 aliphatic heterocycles. The number of thioether (sulfide) groups is 1. The van der Waals surface area contributed by atoms with Crippen molar-refractivity contribution < 1.29 is 9.59 Å². The van der Waals surface area contributed by atoms with Gasteiger partial charge in [0.15, 0.2) is 5.13 Å². The average molecular weight is 410 g/mol. The fraction of sp³-hybridized carbons (Fsp3) is 0.190. The molecule has 1 aliphatic carbocycles. The van der Waals surface area contributed by atoms with Gasteiger partial charge >= 0.3 is 0 Å². The van der Waals surface area contributed by atoms with Crippen molar-refractivity contribution in [1.82, 2.24) is 4.98 Å². The third kappa shape index (κ3) is 3.95. The monoisotopic (exact) mass is 409 g/mol. The van der Waals surface area contributed by atoms with E-state index in [0.717, 1.165) is 34.0 Å². The molecular formula is C21H19N3O2S2. The minimum atomic E-state index is -0.286. The first-order chi connectivity index (χ1) is 13.6. The van der Waals surface area contributed by atoms with Crippen molar-refractivity contribution in [1.29, 1.82) is 0 Å². The van der Waals surface area contributed by atoms with Gasteiger partial charge in [-0.2, -0.15) is 0 Å². The van der Waals surface area contributed by atoms with Gasteiger partial charge in [0.05, 0.1) is 11.6 Å². The summed E-state index contributed by atoms with van der Waals surface area (Å²) in [5.74, 6) is -0.530. The zero-order valence-corrected chi connectivity index (χ0v) is 16.9. The van der Waals surface area contributed by atoms with E-state index in [-0.39, 0.29) is 17.7 Å².